The van der Waals surface area contributed by atoms with Gasteiger partial charge in [-0.25, -0.2) is 0 Å². The summed E-state index contributed by atoms with van der Waals surface area (Å²) in [7, 11) is 1.52. The monoisotopic (exact) mass is 200 g/mol. The summed E-state index contributed by atoms with van der Waals surface area (Å²) in [5.74, 6) is -1.80. The highest BCUT2D eigenvalue weighted by Crippen LogP contribution is 2.11. The van der Waals surface area contributed by atoms with Gasteiger partial charge in [0.15, 0.2) is 0 Å². The highest BCUT2D eigenvalue weighted by Gasteiger charge is 2.36. The van der Waals surface area contributed by atoms with Gasteiger partial charge in [0.1, 0.15) is 6.04 Å². The summed E-state index contributed by atoms with van der Waals surface area (Å²) in [6, 6.07) is -1.44. The molecule has 1 saturated heterocycles. The number of aliphatic carboxylic acids is 1. The fourth-order valence-electron chi connectivity index (χ4n) is 1.31. The van der Waals surface area contributed by atoms with Crippen molar-refractivity contribution in [2.75, 3.05) is 7.05 Å². The quantitative estimate of drug-likeness (QED) is 0.559. The average Bonchev–Trinajstić information content (AvgIpc) is 2.42. The number of nitrogens with zero attached hydrogens (tertiary/aromatic N) is 1. The van der Waals surface area contributed by atoms with Crippen LogP contribution in [0.25, 0.3) is 0 Å². The molecule has 0 spiro atoms. The molecule has 2 unspecified atom stereocenters. The third-order valence-corrected chi connectivity index (χ3v) is 2.40. The van der Waals surface area contributed by atoms with Crippen LogP contribution in [0.2, 0.25) is 0 Å². The van der Waals surface area contributed by atoms with Gasteiger partial charge in [-0.2, -0.15) is 0 Å². The van der Waals surface area contributed by atoms with E-state index in [1.165, 1.54) is 18.9 Å². The molecule has 1 heterocycles. The van der Waals surface area contributed by atoms with Gasteiger partial charge in [0.2, 0.25) is 11.8 Å². The topological polar surface area (TPSA) is 86.7 Å². The van der Waals surface area contributed by atoms with E-state index in [1.54, 1.807) is 0 Å². The number of hydrogen-bond donors (Lipinski definition) is 2. The maximum absolute atomic E-state index is 11.2. The van der Waals surface area contributed by atoms with E-state index in [-0.39, 0.29) is 12.3 Å². The van der Waals surface area contributed by atoms with E-state index in [4.69, 9.17) is 5.11 Å². The Labute approximate surface area is 80.9 Å². The average molecular weight is 200 g/mol. The smallest absolute Gasteiger partial charge is 0.320 e. The van der Waals surface area contributed by atoms with Crippen molar-refractivity contribution in [2.24, 2.45) is 0 Å². The van der Waals surface area contributed by atoms with Crippen molar-refractivity contribution in [1.29, 1.82) is 0 Å². The minimum Gasteiger partial charge on any atom is -0.480 e. The van der Waals surface area contributed by atoms with Gasteiger partial charge in [0.05, 0.1) is 12.5 Å². The Balaban J connectivity index is 2.70. The van der Waals surface area contributed by atoms with Crippen molar-refractivity contribution in [3.8, 4) is 0 Å². The lowest BCUT2D eigenvalue weighted by Crippen LogP contribution is -2.46. The molecule has 0 saturated carbocycles. The second-order valence-corrected chi connectivity index (χ2v) is 3.31. The summed E-state index contributed by atoms with van der Waals surface area (Å²) in [6.07, 6.45) is 0.0347. The molecule has 1 fully saturated rings. The Hall–Kier alpha value is -1.43. The number of carbonyl (C=O) groups excluding carboxylic acids is 2. The van der Waals surface area contributed by atoms with E-state index in [2.05, 4.69) is 5.32 Å². The Morgan fingerprint density at radius 1 is 1.64 bits per heavy atom. The molecular weight excluding hydrogens is 188 g/mol. The fourth-order valence-corrected chi connectivity index (χ4v) is 1.31. The number of rotatable bonds is 3. The van der Waals surface area contributed by atoms with Crippen molar-refractivity contribution >= 4 is 17.8 Å². The van der Waals surface area contributed by atoms with Crippen molar-refractivity contribution in [3.63, 3.8) is 0 Å². The maximum atomic E-state index is 11.2. The van der Waals surface area contributed by atoms with Crippen molar-refractivity contribution in [2.45, 2.75) is 25.4 Å². The van der Waals surface area contributed by atoms with Gasteiger partial charge in [-0.1, -0.05) is 0 Å². The lowest BCUT2D eigenvalue weighted by atomic mass is 10.1. The number of carboxylic acid groups (broad SMARTS) is 1. The van der Waals surface area contributed by atoms with Crippen LogP contribution in [-0.2, 0) is 14.4 Å². The van der Waals surface area contributed by atoms with Crippen molar-refractivity contribution in [1.82, 2.24) is 10.2 Å². The van der Waals surface area contributed by atoms with Crippen LogP contribution in [0.4, 0.5) is 0 Å². The molecule has 1 aliphatic rings. The Morgan fingerprint density at radius 3 is 2.57 bits per heavy atom. The maximum Gasteiger partial charge on any atom is 0.320 e. The molecule has 2 N–H and O–H groups in total. The minimum atomic E-state index is -1.01. The van der Waals surface area contributed by atoms with Crippen LogP contribution in [0.3, 0.4) is 0 Å². The molecule has 0 bridgehead atoms. The lowest BCUT2D eigenvalue weighted by Gasteiger charge is -2.24. The first-order valence-corrected chi connectivity index (χ1v) is 4.22. The number of imide groups is 1. The molecular formula is C8H12N2O4. The molecule has 2 amide bonds. The summed E-state index contributed by atoms with van der Waals surface area (Å²) < 4.78 is 0. The van der Waals surface area contributed by atoms with Crippen LogP contribution in [-0.4, -0.2) is 46.9 Å². The van der Waals surface area contributed by atoms with Crippen LogP contribution in [0.15, 0.2) is 0 Å². The van der Waals surface area contributed by atoms with Gasteiger partial charge >= 0.3 is 5.97 Å². The number of carboxylic acids is 1. The summed E-state index contributed by atoms with van der Waals surface area (Å²) >= 11 is 0. The second-order valence-electron chi connectivity index (χ2n) is 3.31. The van der Waals surface area contributed by atoms with E-state index >= 15 is 0 Å². The molecule has 6 nitrogen and oxygen atoms in total. The molecule has 2 atom stereocenters. The fraction of sp³-hybridized carbons (Fsp3) is 0.625. The normalized spacial score (nSPS) is 23.8. The van der Waals surface area contributed by atoms with E-state index in [0.717, 1.165) is 0 Å². The zero-order valence-electron chi connectivity index (χ0n) is 7.98. The zero-order chi connectivity index (χ0) is 10.9. The van der Waals surface area contributed by atoms with E-state index < -0.39 is 24.0 Å². The van der Waals surface area contributed by atoms with E-state index in [0.29, 0.717) is 0 Å². The summed E-state index contributed by atoms with van der Waals surface area (Å²) in [5, 5.41) is 10.8. The zero-order valence-corrected chi connectivity index (χ0v) is 7.98. The van der Waals surface area contributed by atoms with Gasteiger partial charge in [0, 0.05) is 0 Å². The lowest BCUT2D eigenvalue weighted by molar-refractivity contribution is -0.143. The third-order valence-electron chi connectivity index (χ3n) is 2.40. The van der Waals surface area contributed by atoms with Crippen LogP contribution < -0.4 is 5.32 Å². The molecule has 0 aromatic rings. The minimum absolute atomic E-state index is 0.0347. The number of nitrogens with one attached hydrogen (secondary N) is 1. The Bertz CT molecular complexity index is 289. The van der Waals surface area contributed by atoms with Gasteiger partial charge in [-0.3, -0.25) is 24.6 Å². The summed E-state index contributed by atoms with van der Waals surface area (Å²) in [5.41, 5.74) is 0. The predicted molar refractivity (Wildman–Crippen MR) is 46.4 cm³/mol. The highest BCUT2D eigenvalue weighted by atomic mass is 16.4. The number of likely N-dealkylation sites (N-methyl/N-ethyl adjacent to an activating group) is 1. The number of amides is 2. The largest absolute Gasteiger partial charge is 0.480 e. The summed E-state index contributed by atoms with van der Waals surface area (Å²) in [4.78, 5) is 34.0. The van der Waals surface area contributed by atoms with Crippen LogP contribution in [0, 0.1) is 0 Å². The standard InChI is InChI=1S/C8H12N2O4/c1-4(8(13)14)10(2)5-3-6(11)9-7(5)12/h4-5H,3H2,1-2H3,(H,13,14)(H,9,11,12). The molecule has 1 rings (SSSR count). The molecule has 0 aliphatic carbocycles. The van der Waals surface area contributed by atoms with Gasteiger partial charge in [-0.15, -0.1) is 0 Å². The van der Waals surface area contributed by atoms with Crippen LogP contribution in [0.1, 0.15) is 13.3 Å². The van der Waals surface area contributed by atoms with Gasteiger partial charge in [0.25, 0.3) is 0 Å². The van der Waals surface area contributed by atoms with Gasteiger partial charge in [-0.05, 0) is 14.0 Å². The van der Waals surface area contributed by atoms with Crippen molar-refractivity contribution in [3.05, 3.63) is 0 Å². The number of hydrogen-bond acceptors (Lipinski definition) is 4. The molecule has 78 valence electrons. The SMILES string of the molecule is CC(C(=O)O)N(C)C1CC(=O)NC1=O. The van der Waals surface area contributed by atoms with Crippen LogP contribution >= 0.6 is 0 Å². The van der Waals surface area contributed by atoms with E-state index in [9.17, 15) is 14.4 Å². The molecule has 14 heavy (non-hydrogen) atoms. The van der Waals surface area contributed by atoms with Gasteiger partial charge < -0.3 is 5.11 Å². The molecule has 0 aromatic heterocycles. The molecule has 6 heteroatoms. The second kappa shape index (κ2) is 3.75. The first-order valence-electron chi connectivity index (χ1n) is 4.22. The van der Waals surface area contributed by atoms with Crippen molar-refractivity contribution < 1.29 is 19.5 Å². The molecule has 1 aliphatic heterocycles. The Kier molecular flexibility index (Phi) is 2.85. The summed E-state index contributed by atoms with van der Waals surface area (Å²) in [6.45, 7) is 1.47. The van der Waals surface area contributed by atoms with Crippen LogP contribution in [0.5, 0.6) is 0 Å². The number of carbonyl (C=O) groups is 3. The first-order chi connectivity index (χ1) is 6.43. The molecule has 0 radical (unpaired) electrons. The first kappa shape index (κ1) is 10.6. The highest BCUT2D eigenvalue weighted by molar-refractivity contribution is 6.05. The van der Waals surface area contributed by atoms with E-state index in [1.807, 2.05) is 0 Å². The predicted octanol–water partition coefficient (Wildman–Crippen LogP) is -1.19. The molecule has 0 aromatic carbocycles. The Morgan fingerprint density at radius 2 is 2.21 bits per heavy atom. The third kappa shape index (κ3) is 1.90.